The Morgan fingerprint density at radius 1 is 1.21 bits per heavy atom. The van der Waals surface area contributed by atoms with Crippen LogP contribution in [0.25, 0.3) is 0 Å². The van der Waals surface area contributed by atoms with Crippen molar-refractivity contribution in [2.75, 3.05) is 19.6 Å². The molecule has 1 saturated heterocycles. The number of carboxylic acids is 1. The maximum absolute atomic E-state index is 11.7. The van der Waals surface area contributed by atoms with Crippen LogP contribution in [-0.2, 0) is 9.59 Å². The van der Waals surface area contributed by atoms with Crippen molar-refractivity contribution in [3.8, 4) is 0 Å². The zero-order valence-corrected chi connectivity index (χ0v) is 11.4. The number of urea groups is 1. The fraction of sp³-hybridized carbons (Fsp3) is 0.750. The number of likely N-dealkylation sites (tertiary alicyclic amines) is 1. The second kappa shape index (κ2) is 6.40. The molecule has 1 aliphatic rings. The van der Waals surface area contributed by atoms with Crippen molar-refractivity contribution in [3.05, 3.63) is 0 Å². The van der Waals surface area contributed by atoms with Crippen LogP contribution in [0.2, 0.25) is 0 Å². The maximum atomic E-state index is 11.7. The number of hydrogen-bond donors (Lipinski definition) is 3. The Balaban J connectivity index is 2.30. The molecule has 0 aromatic heterocycles. The van der Waals surface area contributed by atoms with Crippen LogP contribution in [0.4, 0.5) is 4.79 Å². The van der Waals surface area contributed by atoms with Gasteiger partial charge in [0.2, 0.25) is 5.91 Å². The number of aliphatic carboxylic acids is 1. The van der Waals surface area contributed by atoms with E-state index < -0.39 is 17.5 Å². The highest BCUT2D eigenvalue weighted by molar-refractivity contribution is 5.84. The number of nitrogens with one attached hydrogen (secondary N) is 2. The standard InChI is InChI=1S/C12H21N3O4/c1-12(2,7-10(17)18)14-11(19)13-8-9(16)15-5-3-4-6-15/h3-8H2,1-2H3,(H,17,18)(H2,13,14,19). The summed E-state index contributed by atoms with van der Waals surface area (Å²) in [5.41, 5.74) is -0.855. The minimum atomic E-state index is -0.988. The van der Waals surface area contributed by atoms with E-state index in [0.717, 1.165) is 25.9 Å². The predicted molar refractivity (Wildman–Crippen MR) is 68.7 cm³/mol. The van der Waals surface area contributed by atoms with Gasteiger partial charge in [0.25, 0.3) is 0 Å². The molecule has 0 aromatic rings. The third-order valence-electron chi connectivity index (χ3n) is 2.90. The SMILES string of the molecule is CC(C)(CC(=O)O)NC(=O)NCC(=O)N1CCCC1. The van der Waals surface area contributed by atoms with Crippen molar-refractivity contribution in [1.82, 2.24) is 15.5 Å². The summed E-state index contributed by atoms with van der Waals surface area (Å²) in [6.45, 7) is 4.65. The highest BCUT2D eigenvalue weighted by Gasteiger charge is 2.24. The minimum Gasteiger partial charge on any atom is -0.481 e. The zero-order chi connectivity index (χ0) is 14.5. The molecule has 19 heavy (non-hydrogen) atoms. The van der Waals surface area contributed by atoms with Gasteiger partial charge in [-0.05, 0) is 26.7 Å². The first-order valence-corrected chi connectivity index (χ1v) is 6.36. The van der Waals surface area contributed by atoms with Crippen LogP contribution in [0.1, 0.15) is 33.1 Å². The highest BCUT2D eigenvalue weighted by Crippen LogP contribution is 2.08. The van der Waals surface area contributed by atoms with E-state index in [1.54, 1.807) is 18.7 Å². The van der Waals surface area contributed by atoms with Gasteiger partial charge >= 0.3 is 12.0 Å². The van der Waals surface area contributed by atoms with Gasteiger partial charge in [-0.1, -0.05) is 0 Å². The molecule has 1 rings (SSSR count). The van der Waals surface area contributed by atoms with E-state index in [4.69, 9.17) is 5.11 Å². The Labute approximate surface area is 112 Å². The lowest BCUT2D eigenvalue weighted by molar-refractivity contribution is -0.138. The van der Waals surface area contributed by atoms with Crippen LogP contribution in [0, 0.1) is 0 Å². The second-order valence-corrected chi connectivity index (χ2v) is 5.35. The van der Waals surface area contributed by atoms with Crippen LogP contribution >= 0.6 is 0 Å². The lowest BCUT2D eigenvalue weighted by atomic mass is 10.0. The number of hydrogen-bond acceptors (Lipinski definition) is 3. The fourth-order valence-electron chi connectivity index (χ4n) is 2.01. The molecule has 0 radical (unpaired) electrons. The molecule has 1 aliphatic heterocycles. The Kier molecular flexibility index (Phi) is 5.14. The molecule has 0 atom stereocenters. The maximum Gasteiger partial charge on any atom is 0.315 e. The molecule has 0 spiro atoms. The Morgan fingerprint density at radius 3 is 2.32 bits per heavy atom. The average molecular weight is 271 g/mol. The predicted octanol–water partition coefficient (Wildman–Crippen LogP) is 0.161. The highest BCUT2D eigenvalue weighted by atomic mass is 16.4. The Hall–Kier alpha value is -1.79. The van der Waals surface area contributed by atoms with Gasteiger partial charge in [-0.2, -0.15) is 0 Å². The van der Waals surface area contributed by atoms with Gasteiger partial charge in [0.1, 0.15) is 0 Å². The summed E-state index contributed by atoms with van der Waals surface area (Å²) >= 11 is 0. The van der Waals surface area contributed by atoms with Gasteiger partial charge in [-0.25, -0.2) is 4.79 Å². The summed E-state index contributed by atoms with van der Waals surface area (Å²) in [6.07, 6.45) is 1.83. The topological polar surface area (TPSA) is 98.7 Å². The largest absolute Gasteiger partial charge is 0.481 e. The number of nitrogens with zero attached hydrogens (tertiary/aromatic N) is 1. The van der Waals surface area contributed by atoms with E-state index in [-0.39, 0.29) is 18.9 Å². The molecule has 0 aromatic carbocycles. The quantitative estimate of drug-likeness (QED) is 0.663. The summed E-state index contributed by atoms with van der Waals surface area (Å²) < 4.78 is 0. The second-order valence-electron chi connectivity index (χ2n) is 5.35. The smallest absolute Gasteiger partial charge is 0.315 e. The molecular formula is C12H21N3O4. The van der Waals surface area contributed by atoms with Gasteiger partial charge in [0.05, 0.1) is 13.0 Å². The summed E-state index contributed by atoms with van der Waals surface area (Å²) in [7, 11) is 0. The first-order valence-electron chi connectivity index (χ1n) is 6.36. The Bertz CT molecular complexity index is 362. The number of carbonyl (C=O) groups is 3. The van der Waals surface area contributed by atoms with E-state index in [1.807, 2.05) is 0 Å². The van der Waals surface area contributed by atoms with Crippen LogP contribution in [0.5, 0.6) is 0 Å². The van der Waals surface area contributed by atoms with Crippen molar-refractivity contribution >= 4 is 17.9 Å². The van der Waals surface area contributed by atoms with Crippen molar-refractivity contribution < 1.29 is 19.5 Å². The molecular weight excluding hydrogens is 250 g/mol. The van der Waals surface area contributed by atoms with Gasteiger partial charge in [0, 0.05) is 18.6 Å². The summed E-state index contributed by atoms with van der Waals surface area (Å²) in [6, 6.07) is -0.529. The molecule has 0 bridgehead atoms. The monoisotopic (exact) mass is 271 g/mol. The van der Waals surface area contributed by atoms with Crippen LogP contribution < -0.4 is 10.6 Å². The molecule has 0 saturated carbocycles. The van der Waals surface area contributed by atoms with Gasteiger partial charge < -0.3 is 20.6 Å². The van der Waals surface area contributed by atoms with E-state index >= 15 is 0 Å². The van der Waals surface area contributed by atoms with Crippen LogP contribution in [0.15, 0.2) is 0 Å². The van der Waals surface area contributed by atoms with E-state index in [0.29, 0.717) is 0 Å². The molecule has 1 fully saturated rings. The van der Waals surface area contributed by atoms with Gasteiger partial charge in [0.15, 0.2) is 0 Å². The van der Waals surface area contributed by atoms with E-state index in [9.17, 15) is 14.4 Å². The first-order chi connectivity index (χ1) is 8.80. The Morgan fingerprint density at radius 2 is 1.79 bits per heavy atom. The lowest BCUT2D eigenvalue weighted by Crippen LogP contribution is -2.51. The normalized spacial score (nSPS) is 15.2. The molecule has 3 amide bonds. The van der Waals surface area contributed by atoms with E-state index in [2.05, 4.69) is 10.6 Å². The van der Waals surface area contributed by atoms with E-state index in [1.165, 1.54) is 0 Å². The molecule has 3 N–H and O–H groups in total. The van der Waals surface area contributed by atoms with Crippen molar-refractivity contribution in [1.29, 1.82) is 0 Å². The zero-order valence-electron chi connectivity index (χ0n) is 11.4. The van der Waals surface area contributed by atoms with Crippen molar-refractivity contribution in [3.63, 3.8) is 0 Å². The molecule has 7 heteroatoms. The summed E-state index contributed by atoms with van der Waals surface area (Å²) in [5, 5.41) is 13.7. The third kappa shape index (κ3) is 5.58. The molecule has 0 unspecified atom stereocenters. The van der Waals surface area contributed by atoms with Crippen molar-refractivity contribution in [2.24, 2.45) is 0 Å². The molecule has 108 valence electrons. The van der Waals surface area contributed by atoms with Crippen molar-refractivity contribution in [2.45, 2.75) is 38.6 Å². The minimum absolute atomic E-state index is 0.0605. The number of carboxylic acid groups (broad SMARTS) is 1. The average Bonchev–Trinajstić information content (AvgIpc) is 2.76. The summed E-state index contributed by atoms with van der Waals surface area (Å²) in [4.78, 5) is 35.6. The molecule has 7 nitrogen and oxygen atoms in total. The van der Waals surface area contributed by atoms with Crippen LogP contribution in [-0.4, -0.2) is 53.1 Å². The third-order valence-corrected chi connectivity index (χ3v) is 2.90. The molecule has 0 aliphatic carbocycles. The van der Waals surface area contributed by atoms with Gasteiger partial charge in [-0.3, -0.25) is 9.59 Å². The fourth-order valence-corrected chi connectivity index (χ4v) is 2.01. The number of rotatable bonds is 5. The van der Waals surface area contributed by atoms with Crippen LogP contribution in [0.3, 0.4) is 0 Å². The molecule has 1 heterocycles. The lowest BCUT2D eigenvalue weighted by Gasteiger charge is -2.24. The number of carbonyl (C=O) groups excluding carboxylic acids is 2. The first kappa shape index (κ1) is 15.3. The summed E-state index contributed by atoms with van der Waals surface area (Å²) in [5.74, 6) is -1.10. The van der Waals surface area contributed by atoms with Gasteiger partial charge in [-0.15, -0.1) is 0 Å². The number of amides is 3.